The minimum atomic E-state index is -1.16. The summed E-state index contributed by atoms with van der Waals surface area (Å²) in [6.45, 7) is 0.0973. The standard InChI is InChI=1S/C11H15BrN2O6/c1-19-7-20-4-2-3-14-10(17)8(12)5-13(11(14)18)6-9(15)16/h5H,2-4,6-7H2,1H3,(H,15,16). The van der Waals surface area contributed by atoms with Crippen LogP contribution in [0, 0.1) is 0 Å². The number of hydrogen-bond acceptors (Lipinski definition) is 5. The van der Waals surface area contributed by atoms with Crippen molar-refractivity contribution in [2.75, 3.05) is 20.5 Å². The summed E-state index contributed by atoms with van der Waals surface area (Å²) < 4.78 is 11.8. The van der Waals surface area contributed by atoms with Crippen LogP contribution in [-0.4, -0.2) is 40.7 Å². The Morgan fingerprint density at radius 3 is 2.75 bits per heavy atom. The van der Waals surface area contributed by atoms with E-state index in [1.807, 2.05) is 0 Å². The first-order valence-corrected chi connectivity index (χ1v) is 6.55. The molecule has 0 aliphatic heterocycles. The third kappa shape index (κ3) is 4.58. The largest absolute Gasteiger partial charge is 0.480 e. The maximum Gasteiger partial charge on any atom is 0.331 e. The van der Waals surface area contributed by atoms with Crippen molar-refractivity contribution in [3.8, 4) is 0 Å². The summed E-state index contributed by atoms with van der Waals surface area (Å²) in [5, 5.41) is 8.72. The van der Waals surface area contributed by atoms with E-state index in [2.05, 4.69) is 15.9 Å². The summed E-state index contributed by atoms with van der Waals surface area (Å²) in [5.74, 6) is -1.16. The molecular formula is C11H15BrN2O6. The van der Waals surface area contributed by atoms with Crippen molar-refractivity contribution in [3.63, 3.8) is 0 Å². The van der Waals surface area contributed by atoms with Gasteiger partial charge in [0.1, 0.15) is 13.3 Å². The van der Waals surface area contributed by atoms with Crippen LogP contribution in [0.2, 0.25) is 0 Å². The van der Waals surface area contributed by atoms with E-state index < -0.39 is 23.8 Å². The normalized spacial score (nSPS) is 10.7. The number of nitrogens with zero attached hydrogens (tertiary/aromatic N) is 2. The van der Waals surface area contributed by atoms with Gasteiger partial charge in [0.05, 0.1) is 11.1 Å². The highest BCUT2D eigenvalue weighted by molar-refractivity contribution is 9.10. The van der Waals surface area contributed by atoms with Crippen LogP contribution in [0.5, 0.6) is 0 Å². The van der Waals surface area contributed by atoms with Crippen LogP contribution in [0.1, 0.15) is 6.42 Å². The van der Waals surface area contributed by atoms with Gasteiger partial charge in [-0.05, 0) is 22.4 Å². The Bertz CT molecular complexity index is 579. The van der Waals surface area contributed by atoms with Crippen molar-refractivity contribution in [1.29, 1.82) is 0 Å². The number of carboxylic acids is 1. The summed E-state index contributed by atoms with van der Waals surface area (Å²) in [6, 6.07) is 0. The van der Waals surface area contributed by atoms with E-state index in [1.54, 1.807) is 0 Å². The van der Waals surface area contributed by atoms with Crippen molar-refractivity contribution >= 4 is 21.9 Å². The van der Waals surface area contributed by atoms with Crippen molar-refractivity contribution in [1.82, 2.24) is 9.13 Å². The van der Waals surface area contributed by atoms with Crippen molar-refractivity contribution in [2.45, 2.75) is 19.5 Å². The zero-order valence-electron chi connectivity index (χ0n) is 10.9. The first kappa shape index (κ1) is 16.6. The number of aromatic nitrogens is 2. The van der Waals surface area contributed by atoms with Crippen molar-refractivity contribution < 1.29 is 19.4 Å². The number of ether oxygens (including phenoxy) is 2. The second-order valence-electron chi connectivity index (χ2n) is 3.91. The van der Waals surface area contributed by atoms with Crippen LogP contribution >= 0.6 is 15.9 Å². The summed E-state index contributed by atoms with van der Waals surface area (Å²) in [5.41, 5.74) is -1.16. The van der Waals surface area contributed by atoms with Gasteiger partial charge in [-0.3, -0.25) is 18.7 Å². The molecule has 0 saturated heterocycles. The van der Waals surface area contributed by atoms with Crippen LogP contribution in [0.25, 0.3) is 0 Å². The first-order valence-electron chi connectivity index (χ1n) is 5.75. The van der Waals surface area contributed by atoms with Gasteiger partial charge < -0.3 is 14.6 Å². The molecule has 0 fully saturated rings. The maximum atomic E-state index is 12.0. The highest BCUT2D eigenvalue weighted by Crippen LogP contribution is 2.00. The van der Waals surface area contributed by atoms with E-state index in [-0.39, 0.29) is 17.8 Å². The van der Waals surface area contributed by atoms with E-state index in [0.717, 1.165) is 9.13 Å². The third-order valence-electron chi connectivity index (χ3n) is 2.37. The minimum Gasteiger partial charge on any atom is -0.480 e. The lowest BCUT2D eigenvalue weighted by atomic mass is 10.4. The second kappa shape index (κ2) is 7.98. The molecule has 1 aromatic rings. The summed E-state index contributed by atoms with van der Waals surface area (Å²) in [4.78, 5) is 34.5. The molecule has 8 nitrogen and oxygen atoms in total. The van der Waals surface area contributed by atoms with Crippen LogP contribution in [0.15, 0.2) is 20.3 Å². The van der Waals surface area contributed by atoms with Crippen LogP contribution < -0.4 is 11.2 Å². The van der Waals surface area contributed by atoms with Crippen LogP contribution in [0.4, 0.5) is 0 Å². The molecule has 0 amide bonds. The van der Waals surface area contributed by atoms with Crippen LogP contribution in [0.3, 0.4) is 0 Å². The Kier molecular flexibility index (Phi) is 6.62. The van der Waals surface area contributed by atoms with Gasteiger partial charge in [-0.1, -0.05) is 0 Å². The summed E-state index contributed by atoms with van der Waals surface area (Å²) in [7, 11) is 1.49. The van der Waals surface area contributed by atoms with Gasteiger partial charge in [-0.15, -0.1) is 0 Å². The van der Waals surface area contributed by atoms with E-state index >= 15 is 0 Å². The van der Waals surface area contributed by atoms with Gasteiger partial charge in [0.25, 0.3) is 5.56 Å². The Morgan fingerprint density at radius 1 is 1.45 bits per heavy atom. The number of methoxy groups -OCH3 is 1. The lowest BCUT2D eigenvalue weighted by Gasteiger charge is -2.09. The van der Waals surface area contributed by atoms with Gasteiger partial charge in [-0.25, -0.2) is 4.79 Å². The topological polar surface area (TPSA) is 99.8 Å². The zero-order valence-corrected chi connectivity index (χ0v) is 12.5. The lowest BCUT2D eigenvalue weighted by molar-refractivity contribution is -0.137. The fraction of sp³-hybridized carbons (Fsp3) is 0.545. The molecule has 0 spiro atoms. The summed E-state index contributed by atoms with van der Waals surface area (Å²) in [6.07, 6.45) is 1.61. The van der Waals surface area contributed by atoms with E-state index in [1.165, 1.54) is 13.3 Å². The molecular weight excluding hydrogens is 336 g/mol. The van der Waals surface area contributed by atoms with E-state index in [9.17, 15) is 14.4 Å². The SMILES string of the molecule is COCOCCCn1c(=O)c(Br)cn(CC(=O)O)c1=O. The number of carbonyl (C=O) groups is 1. The predicted molar refractivity (Wildman–Crippen MR) is 72.7 cm³/mol. The molecule has 0 radical (unpaired) electrons. The molecule has 1 heterocycles. The smallest absolute Gasteiger partial charge is 0.331 e. The molecule has 0 unspecified atom stereocenters. The molecule has 112 valence electrons. The average molecular weight is 351 g/mol. The first-order chi connectivity index (χ1) is 9.47. The van der Waals surface area contributed by atoms with E-state index in [4.69, 9.17) is 14.6 Å². The predicted octanol–water partition coefficient (Wildman–Crippen LogP) is -0.132. The molecule has 1 N–H and O–H groups in total. The molecule has 1 rings (SSSR count). The number of hydrogen-bond donors (Lipinski definition) is 1. The van der Waals surface area contributed by atoms with Gasteiger partial charge >= 0.3 is 11.7 Å². The number of rotatable bonds is 8. The Hall–Kier alpha value is -1.45. The molecule has 0 aromatic carbocycles. The van der Waals surface area contributed by atoms with Gasteiger partial charge in [0.15, 0.2) is 0 Å². The molecule has 0 atom stereocenters. The Labute approximate surface area is 122 Å². The highest BCUT2D eigenvalue weighted by atomic mass is 79.9. The van der Waals surface area contributed by atoms with Gasteiger partial charge in [0.2, 0.25) is 0 Å². The van der Waals surface area contributed by atoms with E-state index in [0.29, 0.717) is 13.0 Å². The molecule has 9 heteroatoms. The van der Waals surface area contributed by atoms with Gasteiger partial charge in [0, 0.05) is 19.9 Å². The number of carboxylic acid groups (broad SMARTS) is 1. The average Bonchev–Trinajstić information content (AvgIpc) is 2.38. The fourth-order valence-electron chi connectivity index (χ4n) is 1.54. The molecule has 0 aliphatic carbocycles. The Balaban J connectivity index is 2.88. The second-order valence-corrected chi connectivity index (χ2v) is 4.76. The summed E-state index contributed by atoms with van der Waals surface area (Å²) >= 11 is 3.02. The Morgan fingerprint density at radius 2 is 2.15 bits per heavy atom. The molecule has 0 aliphatic rings. The minimum absolute atomic E-state index is 0.135. The number of aliphatic carboxylic acids is 1. The molecule has 20 heavy (non-hydrogen) atoms. The zero-order chi connectivity index (χ0) is 15.1. The van der Waals surface area contributed by atoms with Gasteiger partial charge in [-0.2, -0.15) is 0 Å². The highest BCUT2D eigenvalue weighted by Gasteiger charge is 2.11. The third-order valence-corrected chi connectivity index (χ3v) is 2.92. The lowest BCUT2D eigenvalue weighted by Crippen LogP contribution is -2.41. The number of halogens is 1. The maximum absolute atomic E-state index is 12.0. The van der Waals surface area contributed by atoms with Crippen LogP contribution in [-0.2, 0) is 27.4 Å². The monoisotopic (exact) mass is 350 g/mol. The quantitative estimate of drug-likeness (QED) is 0.517. The van der Waals surface area contributed by atoms with Crippen molar-refractivity contribution in [2.24, 2.45) is 0 Å². The fourth-order valence-corrected chi connectivity index (χ4v) is 2.00. The molecule has 1 aromatic heterocycles. The van der Waals surface area contributed by atoms with Crippen molar-refractivity contribution in [3.05, 3.63) is 31.5 Å². The molecule has 0 saturated carbocycles. The molecule has 0 bridgehead atoms.